The Morgan fingerprint density at radius 3 is 2.73 bits per heavy atom. The molecule has 1 atom stereocenters. The molecule has 1 unspecified atom stereocenters. The number of amides is 1. The summed E-state index contributed by atoms with van der Waals surface area (Å²) in [6, 6.07) is 7.67. The van der Waals surface area contributed by atoms with Crippen LogP contribution in [0.5, 0.6) is 0 Å². The van der Waals surface area contributed by atoms with Gasteiger partial charge in [-0.25, -0.2) is 4.39 Å². The molecule has 4 heteroatoms. The van der Waals surface area contributed by atoms with Crippen LogP contribution in [0.1, 0.15) is 44.6 Å². The van der Waals surface area contributed by atoms with E-state index in [9.17, 15) is 9.18 Å². The molecule has 0 radical (unpaired) electrons. The van der Waals surface area contributed by atoms with E-state index in [1.165, 1.54) is 12.5 Å². The number of halogens is 1. The highest BCUT2D eigenvalue weighted by atomic mass is 19.1. The number of hydrogen-bond acceptors (Lipinski definition) is 2. The maximum Gasteiger partial charge on any atom is 0.237 e. The van der Waals surface area contributed by atoms with Crippen molar-refractivity contribution in [2.75, 3.05) is 13.1 Å². The molecule has 1 aliphatic carbocycles. The smallest absolute Gasteiger partial charge is 0.237 e. The van der Waals surface area contributed by atoms with Crippen molar-refractivity contribution in [2.24, 2.45) is 0 Å². The van der Waals surface area contributed by atoms with Crippen LogP contribution in [-0.2, 0) is 11.3 Å². The van der Waals surface area contributed by atoms with Crippen molar-refractivity contribution in [3.05, 3.63) is 35.6 Å². The summed E-state index contributed by atoms with van der Waals surface area (Å²) in [6.07, 6.45) is 5.66. The molecule has 2 aliphatic rings. The third kappa shape index (κ3) is 3.67. The van der Waals surface area contributed by atoms with Crippen molar-refractivity contribution in [3.63, 3.8) is 0 Å². The highest BCUT2D eigenvalue weighted by Gasteiger charge is 2.33. The zero-order chi connectivity index (χ0) is 15.5. The molecule has 3 rings (SSSR count). The van der Waals surface area contributed by atoms with Crippen molar-refractivity contribution >= 4 is 5.91 Å². The minimum atomic E-state index is -0.174. The van der Waals surface area contributed by atoms with Gasteiger partial charge in [0.25, 0.3) is 0 Å². The number of likely N-dealkylation sites (tertiary alicyclic amines) is 1. The van der Waals surface area contributed by atoms with E-state index < -0.39 is 0 Å². The second-order valence-corrected chi connectivity index (χ2v) is 6.66. The first-order valence-electron chi connectivity index (χ1n) is 8.42. The molecule has 0 bridgehead atoms. The Balaban J connectivity index is 1.64. The number of nitrogens with zero attached hydrogens (tertiary/aromatic N) is 2. The zero-order valence-electron chi connectivity index (χ0n) is 13.3. The van der Waals surface area contributed by atoms with Crippen molar-refractivity contribution in [2.45, 2.75) is 57.7 Å². The van der Waals surface area contributed by atoms with Crippen LogP contribution in [0.25, 0.3) is 0 Å². The molecule has 0 aromatic heterocycles. The molecule has 0 N–H and O–H groups in total. The quantitative estimate of drug-likeness (QED) is 0.834. The third-order valence-corrected chi connectivity index (χ3v) is 4.86. The SMILES string of the molecule is CC1CCCCN1C(=O)CN(Cc1ccccc1F)C1CC1. The Morgan fingerprint density at radius 1 is 1.27 bits per heavy atom. The van der Waals surface area contributed by atoms with Crippen molar-refractivity contribution in [1.82, 2.24) is 9.80 Å². The van der Waals surface area contributed by atoms with Gasteiger partial charge in [-0.1, -0.05) is 18.2 Å². The van der Waals surface area contributed by atoms with Crippen LogP contribution in [0.4, 0.5) is 4.39 Å². The topological polar surface area (TPSA) is 23.6 Å². The van der Waals surface area contributed by atoms with Gasteiger partial charge in [0.2, 0.25) is 5.91 Å². The normalized spacial score (nSPS) is 22.1. The molecule has 2 fully saturated rings. The maximum absolute atomic E-state index is 13.9. The number of hydrogen-bond donors (Lipinski definition) is 0. The lowest BCUT2D eigenvalue weighted by Gasteiger charge is -2.35. The highest BCUT2D eigenvalue weighted by molar-refractivity contribution is 5.78. The van der Waals surface area contributed by atoms with Crippen LogP contribution < -0.4 is 0 Å². The Labute approximate surface area is 132 Å². The van der Waals surface area contributed by atoms with Gasteiger partial charge in [0.05, 0.1) is 6.54 Å². The summed E-state index contributed by atoms with van der Waals surface area (Å²) in [6.45, 7) is 3.96. The van der Waals surface area contributed by atoms with Gasteiger partial charge in [0.1, 0.15) is 5.82 Å². The maximum atomic E-state index is 13.9. The van der Waals surface area contributed by atoms with Crippen LogP contribution in [0, 0.1) is 5.82 Å². The summed E-state index contributed by atoms with van der Waals surface area (Å²) in [4.78, 5) is 16.8. The number of benzene rings is 1. The Bertz CT molecular complexity index is 530. The monoisotopic (exact) mass is 304 g/mol. The Hall–Kier alpha value is -1.42. The molecule has 1 aromatic rings. The number of piperidine rings is 1. The molecule has 3 nitrogen and oxygen atoms in total. The van der Waals surface area contributed by atoms with Gasteiger partial charge in [0.15, 0.2) is 0 Å². The summed E-state index contributed by atoms with van der Waals surface area (Å²) >= 11 is 0. The van der Waals surface area contributed by atoms with Gasteiger partial charge in [-0.3, -0.25) is 9.69 Å². The Morgan fingerprint density at radius 2 is 2.05 bits per heavy atom. The second-order valence-electron chi connectivity index (χ2n) is 6.66. The molecule has 1 amide bonds. The van der Waals surface area contributed by atoms with Gasteiger partial charge in [-0.05, 0) is 45.1 Å². The molecule has 0 spiro atoms. The van der Waals surface area contributed by atoms with E-state index >= 15 is 0 Å². The van der Waals surface area contributed by atoms with Crippen LogP contribution >= 0.6 is 0 Å². The molecule has 1 heterocycles. The van der Waals surface area contributed by atoms with E-state index in [4.69, 9.17) is 0 Å². The predicted molar refractivity (Wildman–Crippen MR) is 84.9 cm³/mol. The summed E-state index contributed by atoms with van der Waals surface area (Å²) < 4.78 is 13.9. The van der Waals surface area contributed by atoms with Crippen LogP contribution in [0.3, 0.4) is 0 Å². The van der Waals surface area contributed by atoms with E-state index in [2.05, 4.69) is 11.8 Å². The van der Waals surface area contributed by atoms with Gasteiger partial charge in [0, 0.05) is 30.7 Å². The van der Waals surface area contributed by atoms with Crippen LogP contribution in [-0.4, -0.2) is 40.9 Å². The fraction of sp³-hybridized carbons (Fsp3) is 0.611. The molecule has 1 saturated carbocycles. The molecule has 120 valence electrons. The molecule has 1 aliphatic heterocycles. The van der Waals surface area contributed by atoms with E-state index in [-0.39, 0.29) is 11.7 Å². The van der Waals surface area contributed by atoms with E-state index in [1.54, 1.807) is 6.07 Å². The van der Waals surface area contributed by atoms with E-state index in [0.717, 1.165) is 32.2 Å². The minimum Gasteiger partial charge on any atom is -0.339 e. The highest BCUT2D eigenvalue weighted by Crippen LogP contribution is 2.29. The first-order valence-corrected chi connectivity index (χ1v) is 8.42. The number of rotatable bonds is 5. The summed E-state index contributed by atoms with van der Waals surface area (Å²) in [5, 5.41) is 0. The summed E-state index contributed by atoms with van der Waals surface area (Å²) in [5.74, 6) is 0.0300. The fourth-order valence-electron chi connectivity index (χ4n) is 3.33. The van der Waals surface area contributed by atoms with Gasteiger partial charge < -0.3 is 4.90 Å². The van der Waals surface area contributed by atoms with Crippen molar-refractivity contribution < 1.29 is 9.18 Å². The standard InChI is InChI=1S/C18H25FN2O/c1-14-6-4-5-11-21(14)18(22)13-20(16-9-10-16)12-15-7-2-3-8-17(15)19/h2-3,7-8,14,16H,4-6,9-13H2,1H3. The van der Waals surface area contributed by atoms with Gasteiger partial charge in [-0.15, -0.1) is 0 Å². The van der Waals surface area contributed by atoms with E-state index in [0.29, 0.717) is 30.7 Å². The van der Waals surface area contributed by atoms with Gasteiger partial charge >= 0.3 is 0 Å². The Kier molecular flexibility index (Phi) is 4.77. The lowest BCUT2D eigenvalue weighted by Crippen LogP contribution is -2.47. The number of carbonyl (C=O) groups is 1. The summed E-state index contributed by atoms with van der Waals surface area (Å²) in [7, 11) is 0. The lowest BCUT2D eigenvalue weighted by molar-refractivity contribution is -0.136. The largest absolute Gasteiger partial charge is 0.339 e. The molecular weight excluding hydrogens is 279 g/mol. The summed E-state index contributed by atoms with van der Waals surface area (Å²) in [5.41, 5.74) is 0.689. The fourth-order valence-corrected chi connectivity index (χ4v) is 3.33. The predicted octanol–water partition coefficient (Wildman–Crippen LogP) is 3.19. The van der Waals surface area contributed by atoms with Crippen LogP contribution in [0.15, 0.2) is 24.3 Å². The zero-order valence-corrected chi connectivity index (χ0v) is 13.3. The third-order valence-electron chi connectivity index (χ3n) is 4.86. The first kappa shape index (κ1) is 15.5. The number of carbonyl (C=O) groups excluding carboxylic acids is 1. The molecule has 1 aromatic carbocycles. The average Bonchev–Trinajstić information content (AvgIpc) is 3.34. The second kappa shape index (κ2) is 6.78. The average molecular weight is 304 g/mol. The minimum absolute atomic E-state index is 0.174. The van der Waals surface area contributed by atoms with E-state index in [1.807, 2.05) is 17.0 Å². The van der Waals surface area contributed by atoms with Gasteiger partial charge in [-0.2, -0.15) is 0 Å². The van der Waals surface area contributed by atoms with Crippen LogP contribution in [0.2, 0.25) is 0 Å². The molecular formula is C18H25FN2O. The lowest BCUT2D eigenvalue weighted by atomic mass is 10.0. The molecule has 1 saturated heterocycles. The first-order chi connectivity index (χ1) is 10.6. The van der Waals surface area contributed by atoms with Crippen molar-refractivity contribution in [3.8, 4) is 0 Å². The molecule has 22 heavy (non-hydrogen) atoms. The van der Waals surface area contributed by atoms with Crippen molar-refractivity contribution in [1.29, 1.82) is 0 Å².